The molecule has 0 N–H and O–H groups in total. The molecule has 1 unspecified atom stereocenters. The van der Waals surface area contributed by atoms with Gasteiger partial charge in [-0.15, -0.1) is 0 Å². The third-order valence-electron chi connectivity index (χ3n) is 4.73. The Morgan fingerprint density at radius 1 is 1.10 bits per heavy atom. The van der Waals surface area contributed by atoms with Gasteiger partial charge in [-0.1, -0.05) is 28.8 Å². The molecule has 1 aromatic carbocycles. The number of rotatable bonds is 4. The van der Waals surface area contributed by atoms with E-state index in [1.54, 1.807) is 24.3 Å². The van der Waals surface area contributed by atoms with Gasteiger partial charge in [0.2, 0.25) is 0 Å². The van der Waals surface area contributed by atoms with Gasteiger partial charge in [0.1, 0.15) is 0 Å². The minimum atomic E-state index is -3.61. The molecule has 3 nitrogen and oxygen atoms in total. The summed E-state index contributed by atoms with van der Waals surface area (Å²) in [6, 6.07) is 6.59. The highest BCUT2D eigenvalue weighted by molar-refractivity contribution is 9.10. The maximum atomic E-state index is 12.2. The number of hydrogen-bond donors (Lipinski definition) is 0. The van der Waals surface area contributed by atoms with Crippen molar-refractivity contribution in [2.75, 3.05) is 6.61 Å². The van der Waals surface area contributed by atoms with E-state index >= 15 is 0 Å². The first kappa shape index (κ1) is 14.5. The van der Waals surface area contributed by atoms with E-state index in [1.165, 1.54) is 25.7 Å². The quantitative estimate of drug-likeness (QED) is 0.764. The molecule has 3 aliphatic rings. The van der Waals surface area contributed by atoms with E-state index in [1.807, 2.05) is 0 Å². The van der Waals surface area contributed by atoms with Crippen LogP contribution in [0.5, 0.6) is 0 Å². The molecule has 3 aliphatic carbocycles. The van der Waals surface area contributed by atoms with Crippen LogP contribution in [0.2, 0.25) is 0 Å². The van der Waals surface area contributed by atoms with Crippen molar-refractivity contribution < 1.29 is 12.6 Å². The predicted octanol–water partition coefficient (Wildman–Crippen LogP) is 3.98. The van der Waals surface area contributed by atoms with Gasteiger partial charge in [0, 0.05) is 4.47 Å². The Kier molecular flexibility index (Phi) is 4.20. The lowest BCUT2D eigenvalue weighted by molar-refractivity contribution is 0.0637. The van der Waals surface area contributed by atoms with Crippen molar-refractivity contribution in [1.29, 1.82) is 0 Å². The van der Waals surface area contributed by atoms with Crippen LogP contribution in [0.3, 0.4) is 0 Å². The summed E-state index contributed by atoms with van der Waals surface area (Å²) in [5, 5.41) is 0. The Hall–Kier alpha value is -0.390. The van der Waals surface area contributed by atoms with E-state index in [0.717, 1.165) is 16.8 Å². The Labute approximate surface area is 129 Å². The molecule has 0 spiro atoms. The monoisotopic (exact) mass is 358 g/mol. The van der Waals surface area contributed by atoms with Crippen LogP contribution in [-0.4, -0.2) is 15.0 Å². The minimum Gasteiger partial charge on any atom is -0.266 e. The van der Waals surface area contributed by atoms with Crippen LogP contribution in [0.15, 0.2) is 33.6 Å². The van der Waals surface area contributed by atoms with Crippen molar-refractivity contribution in [2.24, 2.45) is 17.8 Å². The van der Waals surface area contributed by atoms with Crippen molar-refractivity contribution in [1.82, 2.24) is 0 Å². The van der Waals surface area contributed by atoms with Gasteiger partial charge in [-0.2, -0.15) is 8.42 Å². The fraction of sp³-hybridized carbons (Fsp3) is 0.600. The third-order valence-corrected chi connectivity index (χ3v) is 6.56. The molecule has 0 aromatic heterocycles. The first-order valence-electron chi connectivity index (χ1n) is 7.19. The SMILES string of the molecule is O=S(=O)(OCC1CC2CCC1CC2)c1ccc(Br)cc1. The van der Waals surface area contributed by atoms with Crippen LogP contribution < -0.4 is 0 Å². The van der Waals surface area contributed by atoms with Crippen LogP contribution in [0, 0.1) is 17.8 Å². The average Bonchev–Trinajstić information content (AvgIpc) is 2.47. The van der Waals surface area contributed by atoms with E-state index in [9.17, 15) is 8.42 Å². The highest BCUT2D eigenvalue weighted by Gasteiger charge is 2.36. The second-order valence-corrected chi connectivity index (χ2v) is 8.50. The van der Waals surface area contributed by atoms with E-state index in [0.29, 0.717) is 18.4 Å². The molecule has 3 saturated carbocycles. The molecule has 0 heterocycles. The molecule has 20 heavy (non-hydrogen) atoms. The molecular weight excluding hydrogens is 340 g/mol. The lowest BCUT2D eigenvalue weighted by atomic mass is 9.65. The Morgan fingerprint density at radius 3 is 2.30 bits per heavy atom. The Bertz CT molecular complexity index is 559. The van der Waals surface area contributed by atoms with Gasteiger partial charge >= 0.3 is 0 Å². The zero-order valence-corrected chi connectivity index (χ0v) is 13.7. The first-order valence-corrected chi connectivity index (χ1v) is 9.40. The molecule has 4 rings (SSSR count). The lowest BCUT2D eigenvalue weighted by Crippen LogP contribution is -2.34. The topological polar surface area (TPSA) is 43.4 Å². The average molecular weight is 359 g/mol. The largest absolute Gasteiger partial charge is 0.296 e. The Morgan fingerprint density at radius 2 is 1.75 bits per heavy atom. The summed E-state index contributed by atoms with van der Waals surface area (Å²) in [7, 11) is -3.61. The van der Waals surface area contributed by atoms with Crippen molar-refractivity contribution in [2.45, 2.75) is 37.0 Å². The van der Waals surface area contributed by atoms with Crippen LogP contribution in [0.1, 0.15) is 32.1 Å². The van der Waals surface area contributed by atoms with Crippen LogP contribution in [0.25, 0.3) is 0 Å². The van der Waals surface area contributed by atoms with E-state index in [4.69, 9.17) is 4.18 Å². The molecule has 3 fully saturated rings. The maximum absolute atomic E-state index is 12.2. The van der Waals surface area contributed by atoms with E-state index in [2.05, 4.69) is 15.9 Å². The van der Waals surface area contributed by atoms with Gasteiger partial charge in [-0.3, -0.25) is 4.18 Å². The smallest absolute Gasteiger partial charge is 0.266 e. The fourth-order valence-electron chi connectivity index (χ4n) is 3.57. The van der Waals surface area contributed by atoms with E-state index in [-0.39, 0.29) is 4.90 Å². The van der Waals surface area contributed by atoms with Crippen LogP contribution in [0.4, 0.5) is 0 Å². The standard InChI is InChI=1S/C15H19BrO3S/c16-14-5-7-15(8-6-14)20(17,18)19-10-13-9-11-1-3-12(13)4-2-11/h5-8,11-13H,1-4,9-10H2. The predicted molar refractivity (Wildman–Crippen MR) is 80.8 cm³/mol. The summed E-state index contributed by atoms with van der Waals surface area (Å²) >= 11 is 3.30. The molecule has 2 bridgehead atoms. The van der Waals surface area contributed by atoms with Gasteiger partial charge in [0.25, 0.3) is 10.1 Å². The molecule has 1 aromatic rings. The molecule has 0 amide bonds. The zero-order valence-electron chi connectivity index (χ0n) is 11.3. The molecule has 1 atom stereocenters. The van der Waals surface area contributed by atoms with Crippen LogP contribution in [-0.2, 0) is 14.3 Å². The minimum absolute atomic E-state index is 0.238. The van der Waals surface area contributed by atoms with Gasteiger partial charge in [0.15, 0.2) is 0 Å². The molecular formula is C15H19BrO3S. The third kappa shape index (κ3) is 3.10. The number of halogens is 1. The van der Waals surface area contributed by atoms with Gasteiger partial charge in [-0.25, -0.2) is 0 Å². The summed E-state index contributed by atoms with van der Waals surface area (Å²) in [5.74, 6) is 1.89. The summed E-state index contributed by atoms with van der Waals surface area (Å²) in [4.78, 5) is 0.238. The Balaban J connectivity index is 1.64. The van der Waals surface area contributed by atoms with Crippen molar-refractivity contribution in [3.63, 3.8) is 0 Å². The summed E-state index contributed by atoms with van der Waals surface area (Å²) in [6.45, 7) is 0.347. The maximum Gasteiger partial charge on any atom is 0.296 e. The normalized spacial score (nSPS) is 29.6. The van der Waals surface area contributed by atoms with E-state index < -0.39 is 10.1 Å². The summed E-state index contributed by atoms with van der Waals surface area (Å²) in [6.07, 6.45) is 6.27. The highest BCUT2D eigenvalue weighted by atomic mass is 79.9. The van der Waals surface area contributed by atoms with Crippen LogP contribution >= 0.6 is 15.9 Å². The molecule has 0 aliphatic heterocycles. The van der Waals surface area contributed by atoms with Gasteiger partial charge in [-0.05, 0) is 61.3 Å². The van der Waals surface area contributed by atoms with Gasteiger partial charge < -0.3 is 0 Å². The molecule has 0 saturated heterocycles. The molecule has 5 heteroatoms. The number of benzene rings is 1. The first-order chi connectivity index (χ1) is 9.54. The zero-order chi connectivity index (χ0) is 14.2. The lowest BCUT2D eigenvalue weighted by Gasteiger charge is -2.42. The van der Waals surface area contributed by atoms with Crippen molar-refractivity contribution in [3.05, 3.63) is 28.7 Å². The summed E-state index contributed by atoms with van der Waals surface area (Å²) in [5.41, 5.74) is 0. The number of fused-ring (bicyclic) bond motifs is 3. The molecule has 110 valence electrons. The summed E-state index contributed by atoms with van der Waals surface area (Å²) < 4.78 is 30.5. The fourth-order valence-corrected chi connectivity index (χ4v) is 4.79. The number of hydrogen-bond acceptors (Lipinski definition) is 3. The van der Waals surface area contributed by atoms with Gasteiger partial charge in [0.05, 0.1) is 11.5 Å². The van der Waals surface area contributed by atoms with Crippen molar-refractivity contribution >= 4 is 26.0 Å². The highest BCUT2D eigenvalue weighted by Crippen LogP contribution is 2.45. The van der Waals surface area contributed by atoms with Crippen molar-refractivity contribution in [3.8, 4) is 0 Å². The second kappa shape index (κ2) is 5.78. The second-order valence-electron chi connectivity index (χ2n) is 5.97. The molecule has 0 radical (unpaired) electrons.